The van der Waals surface area contributed by atoms with Crippen molar-refractivity contribution >= 4 is 0 Å². The molecular formula is C35H32IrN-. The summed E-state index contributed by atoms with van der Waals surface area (Å²) in [6, 6.07) is 44.1. The number of aromatic nitrogens is 1. The summed E-state index contributed by atoms with van der Waals surface area (Å²) in [6.07, 6.45) is 9.36. The van der Waals surface area contributed by atoms with E-state index in [1.165, 1.54) is 59.9 Å². The van der Waals surface area contributed by atoms with Gasteiger partial charge in [0.05, 0.1) is 0 Å². The second kappa shape index (κ2) is 13.8. The second-order valence-corrected chi connectivity index (χ2v) is 9.39. The van der Waals surface area contributed by atoms with Gasteiger partial charge in [-0.1, -0.05) is 110 Å². The average Bonchev–Trinajstić information content (AvgIpc) is 2.96. The third-order valence-corrected chi connectivity index (χ3v) is 6.73. The van der Waals surface area contributed by atoms with Crippen molar-refractivity contribution in [1.29, 1.82) is 0 Å². The maximum Gasteiger partial charge on any atom is 0.0239 e. The number of hydrogen-bond acceptors (Lipinski definition) is 1. The molecule has 0 aliphatic rings. The molecule has 4 aromatic carbocycles. The summed E-state index contributed by atoms with van der Waals surface area (Å²) in [5, 5.41) is 0. The average molecular weight is 659 g/mol. The molecule has 1 radical (unpaired) electrons. The molecule has 1 nitrogen and oxygen atoms in total. The van der Waals surface area contributed by atoms with Crippen LogP contribution in [0.4, 0.5) is 0 Å². The molecule has 0 bridgehead atoms. The Morgan fingerprint density at radius 3 is 1.89 bits per heavy atom. The number of nitrogens with zero attached hydrogens (tertiary/aromatic N) is 1. The molecule has 5 aromatic rings. The molecule has 0 atom stereocenters. The topological polar surface area (TPSA) is 12.9 Å². The summed E-state index contributed by atoms with van der Waals surface area (Å²) in [5.74, 6) is 0. The molecule has 0 aliphatic carbocycles. The molecule has 1 aromatic heterocycles. The normalized spacial score (nSPS) is 10.6. The van der Waals surface area contributed by atoms with Gasteiger partial charge >= 0.3 is 0 Å². The Morgan fingerprint density at radius 2 is 1.16 bits per heavy atom. The Hall–Kier alpha value is -3.32. The Morgan fingerprint density at radius 1 is 0.514 bits per heavy atom. The molecule has 0 unspecified atom stereocenters. The molecule has 0 N–H and O–H groups in total. The van der Waals surface area contributed by atoms with Crippen molar-refractivity contribution < 1.29 is 20.1 Å². The summed E-state index contributed by atoms with van der Waals surface area (Å²) in [7, 11) is 0. The van der Waals surface area contributed by atoms with Crippen LogP contribution in [0.2, 0.25) is 0 Å². The molecule has 2 heteroatoms. The van der Waals surface area contributed by atoms with Gasteiger partial charge in [-0.05, 0) is 59.2 Å². The maximum atomic E-state index is 4.73. The van der Waals surface area contributed by atoms with Crippen LogP contribution in [-0.2, 0) is 32.9 Å². The first kappa shape index (κ1) is 26.7. The quantitative estimate of drug-likeness (QED) is 0.108. The summed E-state index contributed by atoms with van der Waals surface area (Å²) >= 11 is 0. The third kappa shape index (κ3) is 7.59. The minimum absolute atomic E-state index is 0. The van der Waals surface area contributed by atoms with Gasteiger partial charge in [0.25, 0.3) is 0 Å². The van der Waals surface area contributed by atoms with E-state index in [0.717, 1.165) is 23.2 Å². The van der Waals surface area contributed by atoms with Gasteiger partial charge in [0.1, 0.15) is 0 Å². The van der Waals surface area contributed by atoms with E-state index in [0.29, 0.717) is 0 Å². The zero-order valence-electron chi connectivity index (χ0n) is 21.1. The van der Waals surface area contributed by atoms with Crippen molar-refractivity contribution in [2.45, 2.75) is 38.5 Å². The standard InChI is InChI=1S/C35H32N.Ir/c1(5-13-28-14-7-3-8-15-28)2-6-16-29-17-11-20-31(25-29)32-21-12-22-33(26-32)35-24-23-34(27-36-35)30-18-9-4-10-19-30;/h3-4,7-12,14-15,17-21,23-27H,1-2,5-6,13,16H2;/q-1;. The number of aryl methyl sites for hydroxylation is 2. The zero-order chi connectivity index (χ0) is 24.4. The predicted octanol–water partition coefficient (Wildman–Crippen LogP) is 9.23. The number of benzene rings is 4. The van der Waals surface area contributed by atoms with Crippen molar-refractivity contribution in [2.24, 2.45) is 0 Å². The van der Waals surface area contributed by atoms with Gasteiger partial charge in [-0.3, -0.25) is 0 Å². The fourth-order valence-corrected chi connectivity index (χ4v) is 4.71. The Kier molecular flexibility index (Phi) is 10.0. The largest absolute Gasteiger partial charge is 0.304 e. The molecule has 0 saturated heterocycles. The molecule has 0 saturated carbocycles. The van der Waals surface area contributed by atoms with Gasteiger partial charge in [0.15, 0.2) is 0 Å². The Balaban J connectivity index is 0.00000320. The van der Waals surface area contributed by atoms with Gasteiger partial charge in [0, 0.05) is 26.3 Å². The van der Waals surface area contributed by atoms with E-state index >= 15 is 0 Å². The van der Waals surface area contributed by atoms with Crippen LogP contribution in [0, 0.1) is 6.07 Å². The number of pyridine rings is 1. The van der Waals surface area contributed by atoms with E-state index in [4.69, 9.17) is 4.98 Å². The molecule has 37 heavy (non-hydrogen) atoms. The summed E-state index contributed by atoms with van der Waals surface area (Å²) < 4.78 is 0. The molecule has 0 amide bonds. The van der Waals surface area contributed by atoms with Crippen LogP contribution < -0.4 is 0 Å². The van der Waals surface area contributed by atoms with Crippen molar-refractivity contribution in [1.82, 2.24) is 4.98 Å². The van der Waals surface area contributed by atoms with Crippen LogP contribution in [0.25, 0.3) is 33.5 Å². The minimum Gasteiger partial charge on any atom is -0.304 e. The van der Waals surface area contributed by atoms with Gasteiger partial charge in [-0.15, -0.1) is 35.4 Å². The molecule has 0 fully saturated rings. The molecule has 187 valence electrons. The first-order valence-electron chi connectivity index (χ1n) is 13.0. The Bertz CT molecular complexity index is 1360. The van der Waals surface area contributed by atoms with E-state index in [1.54, 1.807) is 0 Å². The van der Waals surface area contributed by atoms with Crippen molar-refractivity contribution in [3.8, 4) is 33.5 Å². The van der Waals surface area contributed by atoms with Crippen LogP contribution in [-0.4, -0.2) is 4.98 Å². The molecule has 0 spiro atoms. The molecular weight excluding hydrogens is 627 g/mol. The fraction of sp³-hybridized carbons (Fsp3) is 0.171. The van der Waals surface area contributed by atoms with Gasteiger partial charge in [-0.25, -0.2) is 0 Å². The van der Waals surface area contributed by atoms with E-state index in [-0.39, 0.29) is 20.1 Å². The van der Waals surface area contributed by atoms with Gasteiger partial charge in [-0.2, -0.15) is 0 Å². The van der Waals surface area contributed by atoms with Crippen LogP contribution in [0.3, 0.4) is 0 Å². The first-order chi connectivity index (χ1) is 17.8. The van der Waals surface area contributed by atoms with Crippen molar-refractivity contribution in [2.75, 3.05) is 0 Å². The summed E-state index contributed by atoms with van der Waals surface area (Å²) in [5.41, 5.74) is 9.61. The van der Waals surface area contributed by atoms with Crippen molar-refractivity contribution in [3.05, 3.63) is 139 Å². The van der Waals surface area contributed by atoms with E-state index in [2.05, 4.69) is 109 Å². The molecule has 0 aliphatic heterocycles. The Labute approximate surface area is 235 Å². The zero-order valence-corrected chi connectivity index (χ0v) is 23.5. The minimum atomic E-state index is 0. The number of hydrogen-bond donors (Lipinski definition) is 0. The monoisotopic (exact) mass is 659 g/mol. The van der Waals surface area contributed by atoms with Gasteiger partial charge in [0.2, 0.25) is 0 Å². The smallest absolute Gasteiger partial charge is 0.0239 e. The number of unbranched alkanes of at least 4 members (excludes halogenated alkanes) is 3. The van der Waals surface area contributed by atoms with Crippen LogP contribution in [0.5, 0.6) is 0 Å². The van der Waals surface area contributed by atoms with Gasteiger partial charge < -0.3 is 4.98 Å². The van der Waals surface area contributed by atoms with E-state index in [1.807, 2.05) is 18.3 Å². The van der Waals surface area contributed by atoms with Crippen LogP contribution in [0.1, 0.15) is 36.8 Å². The summed E-state index contributed by atoms with van der Waals surface area (Å²) in [6.45, 7) is 0. The molecule has 1 heterocycles. The van der Waals surface area contributed by atoms with E-state index in [9.17, 15) is 0 Å². The summed E-state index contributed by atoms with van der Waals surface area (Å²) in [4.78, 5) is 4.73. The maximum absolute atomic E-state index is 4.73. The third-order valence-electron chi connectivity index (χ3n) is 6.73. The molecule has 5 rings (SSSR count). The van der Waals surface area contributed by atoms with Crippen LogP contribution in [0.15, 0.2) is 121 Å². The van der Waals surface area contributed by atoms with Crippen LogP contribution >= 0.6 is 0 Å². The van der Waals surface area contributed by atoms with E-state index < -0.39 is 0 Å². The fourth-order valence-electron chi connectivity index (χ4n) is 4.71. The number of rotatable bonds is 10. The van der Waals surface area contributed by atoms with Crippen molar-refractivity contribution in [3.63, 3.8) is 0 Å². The SMILES string of the molecule is [Ir].[c-]1ccc(-c2cccc(CCCCCCc3ccccc3)c2)cc1-c1ccc(-c2ccccc2)cn1. The first-order valence-corrected chi connectivity index (χ1v) is 13.0. The predicted molar refractivity (Wildman–Crippen MR) is 152 cm³/mol. The second-order valence-electron chi connectivity index (χ2n) is 9.39.